The van der Waals surface area contributed by atoms with Crippen molar-refractivity contribution in [2.24, 2.45) is 0 Å². The molecule has 2 aromatic rings. The average molecular weight is 329 g/mol. The molecule has 1 heterocycles. The molecule has 96 valence electrons. The molecule has 2 rings (SSSR count). The Morgan fingerprint density at radius 2 is 1.67 bits per heavy atom. The molecule has 5 heteroatoms. The van der Waals surface area contributed by atoms with Crippen molar-refractivity contribution in [3.05, 3.63) is 39.0 Å². The molecule has 1 aromatic carbocycles. The van der Waals surface area contributed by atoms with Gasteiger partial charge in [-0.1, -0.05) is 0 Å². The molecule has 0 saturated carbocycles. The predicted molar refractivity (Wildman–Crippen MR) is 75.9 cm³/mol. The van der Waals surface area contributed by atoms with Crippen LogP contribution in [0.4, 0.5) is 0 Å². The smallest absolute Gasteiger partial charge is 0.127 e. The van der Waals surface area contributed by atoms with E-state index in [1.807, 2.05) is 29.6 Å². The van der Waals surface area contributed by atoms with Crippen LogP contribution in [0.2, 0.25) is 0 Å². The quantitative estimate of drug-likeness (QED) is 0.826. The number of halogens is 1. The lowest BCUT2D eigenvalue weighted by Gasteiger charge is -2.09. The SMILES string of the molecule is COc1cc(OC)cc(OCc2sccc2Br)c1. The van der Waals surface area contributed by atoms with Gasteiger partial charge in [0, 0.05) is 22.7 Å². The lowest BCUT2D eigenvalue weighted by molar-refractivity contribution is 0.303. The van der Waals surface area contributed by atoms with E-state index in [9.17, 15) is 0 Å². The second kappa shape index (κ2) is 6.11. The van der Waals surface area contributed by atoms with Crippen molar-refractivity contribution >= 4 is 27.3 Å². The lowest BCUT2D eigenvalue weighted by atomic mass is 10.3. The first kappa shape index (κ1) is 13.2. The zero-order chi connectivity index (χ0) is 13.0. The second-order valence-corrected chi connectivity index (χ2v) is 5.38. The van der Waals surface area contributed by atoms with Crippen LogP contribution < -0.4 is 14.2 Å². The van der Waals surface area contributed by atoms with E-state index >= 15 is 0 Å². The Balaban J connectivity index is 2.11. The Labute approximate surface area is 118 Å². The van der Waals surface area contributed by atoms with E-state index in [1.165, 1.54) is 0 Å². The molecule has 0 unspecified atom stereocenters. The molecular formula is C13H13BrO3S. The van der Waals surface area contributed by atoms with E-state index in [-0.39, 0.29) is 0 Å². The highest BCUT2D eigenvalue weighted by Gasteiger charge is 2.05. The minimum atomic E-state index is 0.522. The normalized spacial score (nSPS) is 10.2. The van der Waals surface area contributed by atoms with Gasteiger partial charge in [0.05, 0.1) is 19.1 Å². The molecule has 0 bridgehead atoms. The van der Waals surface area contributed by atoms with Crippen molar-refractivity contribution in [3.8, 4) is 17.2 Å². The standard InChI is InChI=1S/C13H13BrO3S/c1-15-9-5-10(16-2)7-11(6-9)17-8-13-12(14)3-4-18-13/h3-7H,8H2,1-2H3. The average Bonchev–Trinajstić information content (AvgIpc) is 2.81. The summed E-state index contributed by atoms with van der Waals surface area (Å²) in [6, 6.07) is 7.50. The minimum absolute atomic E-state index is 0.522. The van der Waals surface area contributed by atoms with Gasteiger partial charge >= 0.3 is 0 Å². The fourth-order valence-corrected chi connectivity index (χ4v) is 2.82. The van der Waals surface area contributed by atoms with E-state index in [1.54, 1.807) is 25.6 Å². The van der Waals surface area contributed by atoms with Crippen molar-refractivity contribution in [1.82, 2.24) is 0 Å². The number of ether oxygens (including phenoxy) is 3. The summed E-state index contributed by atoms with van der Waals surface area (Å²) >= 11 is 5.13. The molecule has 0 fully saturated rings. The maximum atomic E-state index is 5.74. The van der Waals surface area contributed by atoms with Crippen LogP contribution >= 0.6 is 27.3 Å². The van der Waals surface area contributed by atoms with Crippen molar-refractivity contribution in [2.75, 3.05) is 14.2 Å². The van der Waals surface area contributed by atoms with Gasteiger partial charge in [0.2, 0.25) is 0 Å². The molecule has 0 N–H and O–H groups in total. The molecule has 0 atom stereocenters. The van der Waals surface area contributed by atoms with Crippen molar-refractivity contribution < 1.29 is 14.2 Å². The van der Waals surface area contributed by atoms with Crippen LogP contribution in [0.3, 0.4) is 0 Å². The molecule has 18 heavy (non-hydrogen) atoms. The van der Waals surface area contributed by atoms with E-state index in [4.69, 9.17) is 14.2 Å². The summed E-state index contributed by atoms with van der Waals surface area (Å²) in [6.07, 6.45) is 0. The summed E-state index contributed by atoms with van der Waals surface area (Å²) < 4.78 is 17.2. The van der Waals surface area contributed by atoms with E-state index in [2.05, 4.69) is 15.9 Å². The molecule has 1 aromatic heterocycles. The number of methoxy groups -OCH3 is 2. The summed E-state index contributed by atoms with van der Waals surface area (Å²) in [7, 11) is 3.24. The monoisotopic (exact) mass is 328 g/mol. The molecule has 0 saturated heterocycles. The minimum Gasteiger partial charge on any atom is -0.496 e. The van der Waals surface area contributed by atoms with Crippen LogP contribution in [0.25, 0.3) is 0 Å². The van der Waals surface area contributed by atoms with E-state index in [0.29, 0.717) is 6.61 Å². The third kappa shape index (κ3) is 3.17. The second-order valence-electron chi connectivity index (χ2n) is 3.53. The molecule has 0 aliphatic carbocycles. The zero-order valence-corrected chi connectivity index (χ0v) is 12.5. The summed E-state index contributed by atoms with van der Waals surface area (Å²) in [6.45, 7) is 0.522. The van der Waals surface area contributed by atoms with Crippen molar-refractivity contribution in [3.63, 3.8) is 0 Å². The van der Waals surface area contributed by atoms with Gasteiger partial charge in [-0.15, -0.1) is 11.3 Å². The fraction of sp³-hybridized carbons (Fsp3) is 0.231. The Morgan fingerprint density at radius 1 is 1.06 bits per heavy atom. The van der Waals surface area contributed by atoms with Gasteiger partial charge in [0.15, 0.2) is 0 Å². The molecular weight excluding hydrogens is 316 g/mol. The highest BCUT2D eigenvalue weighted by Crippen LogP contribution is 2.29. The third-order valence-electron chi connectivity index (χ3n) is 2.39. The van der Waals surface area contributed by atoms with Gasteiger partial charge in [-0.05, 0) is 27.4 Å². The number of hydrogen-bond acceptors (Lipinski definition) is 4. The molecule has 0 aliphatic heterocycles. The number of hydrogen-bond donors (Lipinski definition) is 0. The number of benzene rings is 1. The van der Waals surface area contributed by atoms with Gasteiger partial charge in [-0.3, -0.25) is 0 Å². The predicted octanol–water partition coefficient (Wildman–Crippen LogP) is 4.11. The first-order valence-corrected chi connectivity index (χ1v) is 6.98. The first-order valence-electron chi connectivity index (χ1n) is 5.30. The van der Waals surface area contributed by atoms with Gasteiger partial charge in [0.25, 0.3) is 0 Å². The lowest BCUT2D eigenvalue weighted by Crippen LogP contribution is -1.95. The maximum Gasteiger partial charge on any atom is 0.127 e. The summed E-state index contributed by atoms with van der Waals surface area (Å²) in [5.74, 6) is 2.16. The van der Waals surface area contributed by atoms with Gasteiger partial charge in [-0.2, -0.15) is 0 Å². The summed E-state index contributed by atoms with van der Waals surface area (Å²) in [5, 5.41) is 2.02. The molecule has 0 spiro atoms. The van der Waals surface area contributed by atoms with Gasteiger partial charge in [-0.25, -0.2) is 0 Å². The van der Waals surface area contributed by atoms with Crippen molar-refractivity contribution in [1.29, 1.82) is 0 Å². The largest absolute Gasteiger partial charge is 0.496 e. The Morgan fingerprint density at radius 3 is 2.17 bits per heavy atom. The summed E-state index contributed by atoms with van der Waals surface area (Å²) in [5.41, 5.74) is 0. The van der Waals surface area contributed by atoms with E-state index in [0.717, 1.165) is 26.6 Å². The number of thiophene rings is 1. The molecule has 0 amide bonds. The Bertz CT molecular complexity index is 502. The van der Waals surface area contributed by atoms with Crippen molar-refractivity contribution in [2.45, 2.75) is 6.61 Å². The van der Waals surface area contributed by atoms with Crippen LogP contribution in [0.15, 0.2) is 34.1 Å². The van der Waals surface area contributed by atoms with Crippen LogP contribution in [-0.2, 0) is 6.61 Å². The van der Waals surface area contributed by atoms with Crippen LogP contribution in [0, 0.1) is 0 Å². The maximum absolute atomic E-state index is 5.74. The van der Waals surface area contributed by atoms with Gasteiger partial charge < -0.3 is 14.2 Å². The van der Waals surface area contributed by atoms with Gasteiger partial charge in [0.1, 0.15) is 23.9 Å². The fourth-order valence-electron chi connectivity index (χ4n) is 1.44. The van der Waals surface area contributed by atoms with Crippen LogP contribution in [-0.4, -0.2) is 14.2 Å². The van der Waals surface area contributed by atoms with Crippen LogP contribution in [0.5, 0.6) is 17.2 Å². The molecule has 3 nitrogen and oxygen atoms in total. The van der Waals surface area contributed by atoms with Crippen LogP contribution in [0.1, 0.15) is 4.88 Å². The highest BCUT2D eigenvalue weighted by atomic mass is 79.9. The number of rotatable bonds is 5. The molecule has 0 radical (unpaired) electrons. The first-order chi connectivity index (χ1) is 8.72. The third-order valence-corrected chi connectivity index (χ3v) is 4.29. The van der Waals surface area contributed by atoms with E-state index < -0.39 is 0 Å². The highest BCUT2D eigenvalue weighted by molar-refractivity contribution is 9.10. The Hall–Kier alpha value is -1.20. The Kier molecular flexibility index (Phi) is 4.49. The zero-order valence-electron chi connectivity index (χ0n) is 10.1. The molecule has 0 aliphatic rings. The summed E-state index contributed by atoms with van der Waals surface area (Å²) in [4.78, 5) is 1.15. The topological polar surface area (TPSA) is 27.7 Å².